The first kappa shape index (κ1) is 16.5. The van der Waals surface area contributed by atoms with Crippen molar-refractivity contribution in [3.05, 3.63) is 40.4 Å². The third kappa shape index (κ3) is 3.04. The molecule has 0 fully saturated rings. The summed E-state index contributed by atoms with van der Waals surface area (Å²) in [5.41, 5.74) is 8.78. The third-order valence-corrected chi connectivity index (χ3v) is 5.10. The highest BCUT2D eigenvalue weighted by atomic mass is 35.5. The Labute approximate surface area is 153 Å². The molecule has 0 atom stereocenters. The molecule has 128 valence electrons. The molecule has 0 saturated carbocycles. The normalized spacial score (nSPS) is 13.4. The van der Waals surface area contributed by atoms with Crippen LogP contribution in [-0.2, 0) is 18.0 Å². The highest BCUT2D eigenvalue weighted by Crippen LogP contribution is 2.39. The molecule has 0 radical (unpaired) electrons. The molecule has 3 aromatic rings. The lowest BCUT2D eigenvalue weighted by Crippen LogP contribution is -2.07. The van der Waals surface area contributed by atoms with Crippen LogP contribution in [0.2, 0.25) is 5.02 Å². The first-order valence-electron chi connectivity index (χ1n) is 7.73. The van der Waals surface area contributed by atoms with Crippen LogP contribution in [0.3, 0.4) is 0 Å². The van der Waals surface area contributed by atoms with Gasteiger partial charge in [-0.25, -0.2) is 4.98 Å². The zero-order valence-corrected chi connectivity index (χ0v) is 14.8. The molecule has 8 heteroatoms. The molecule has 6 nitrogen and oxygen atoms in total. The number of nitrogens with two attached hydrogens (primary N) is 1. The van der Waals surface area contributed by atoms with Crippen molar-refractivity contribution in [2.75, 3.05) is 18.1 Å². The lowest BCUT2D eigenvalue weighted by molar-refractivity contribution is 0.103. The molecule has 0 spiro atoms. The summed E-state index contributed by atoms with van der Waals surface area (Å²) in [6.45, 7) is 1.14. The zero-order valence-electron chi connectivity index (χ0n) is 13.2. The number of hydrogen-bond donors (Lipinski definition) is 2. The number of aliphatic hydroxyl groups excluding tert-OH is 1. The van der Waals surface area contributed by atoms with E-state index in [0.29, 0.717) is 35.0 Å². The van der Waals surface area contributed by atoms with Crippen LogP contribution in [0.1, 0.15) is 11.1 Å². The van der Waals surface area contributed by atoms with E-state index in [4.69, 9.17) is 27.2 Å². The van der Waals surface area contributed by atoms with Crippen LogP contribution < -0.4 is 5.73 Å². The Morgan fingerprint density at radius 2 is 2.04 bits per heavy atom. The molecule has 25 heavy (non-hydrogen) atoms. The van der Waals surface area contributed by atoms with Gasteiger partial charge in [0.1, 0.15) is 0 Å². The summed E-state index contributed by atoms with van der Waals surface area (Å²) in [7, 11) is 0. The van der Waals surface area contributed by atoms with E-state index in [1.54, 1.807) is 0 Å². The topological polar surface area (TPSA) is 94.2 Å². The molecular weight excluding hydrogens is 360 g/mol. The highest BCUT2D eigenvalue weighted by molar-refractivity contribution is 7.99. The molecule has 2 heterocycles. The van der Waals surface area contributed by atoms with E-state index in [-0.39, 0.29) is 12.6 Å². The summed E-state index contributed by atoms with van der Waals surface area (Å²) in [6.07, 6.45) is 0. The summed E-state index contributed by atoms with van der Waals surface area (Å²) in [5, 5.41) is 12.1. The Hall–Kier alpha value is -1.93. The molecular formula is C17H15ClN4O2S. The number of rotatable bonds is 4. The van der Waals surface area contributed by atoms with Gasteiger partial charge in [-0.2, -0.15) is 9.97 Å². The molecule has 0 saturated heterocycles. The van der Waals surface area contributed by atoms with Crippen LogP contribution in [-0.4, -0.2) is 32.4 Å². The number of aliphatic hydroxyl groups is 1. The van der Waals surface area contributed by atoms with E-state index in [2.05, 4.69) is 15.0 Å². The maximum absolute atomic E-state index is 9.01. The van der Waals surface area contributed by atoms with Crippen LogP contribution in [0.5, 0.6) is 0 Å². The number of benzene rings is 2. The number of hydrogen-bond acceptors (Lipinski definition) is 7. The van der Waals surface area contributed by atoms with Crippen LogP contribution in [0.15, 0.2) is 29.4 Å². The quantitative estimate of drug-likeness (QED) is 0.678. The monoisotopic (exact) mass is 374 g/mol. The number of nitrogens with zero attached hydrogens (tertiary/aromatic N) is 3. The largest absolute Gasteiger partial charge is 0.396 e. The highest BCUT2D eigenvalue weighted by Gasteiger charge is 2.20. The van der Waals surface area contributed by atoms with Crippen LogP contribution in [0.25, 0.3) is 22.2 Å². The minimum Gasteiger partial charge on any atom is -0.396 e. The summed E-state index contributed by atoms with van der Waals surface area (Å²) in [4.78, 5) is 12.9. The standard InChI is InChI=1S/C17H15ClN4O2S/c18-12-6-10-8-24-7-9-2-1-3-11(13(9)10)14(12)15-20-16(19)22-17(21-15)25-5-4-23/h1-3,6,23H,4-5,7-8H2,(H2,19,20,21,22). The Morgan fingerprint density at radius 1 is 1.20 bits per heavy atom. The SMILES string of the molecule is Nc1nc(SCCO)nc(-c2c(Cl)cc3c4c(cccc24)COC3)n1. The van der Waals surface area contributed by atoms with Crippen LogP contribution >= 0.6 is 23.4 Å². The van der Waals surface area contributed by atoms with Crippen molar-refractivity contribution in [1.82, 2.24) is 15.0 Å². The average Bonchev–Trinajstić information content (AvgIpc) is 2.60. The lowest BCUT2D eigenvalue weighted by Gasteiger charge is -2.20. The first-order valence-corrected chi connectivity index (χ1v) is 9.10. The fourth-order valence-corrected chi connectivity index (χ4v) is 3.93. The van der Waals surface area contributed by atoms with Gasteiger partial charge in [0.15, 0.2) is 11.0 Å². The second-order valence-electron chi connectivity index (χ2n) is 5.60. The summed E-state index contributed by atoms with van der Waals surface area (Å²) >= 11 is 7.88. The predicted molar refractivity (Wildman–Crippen MR) is 98.5 cm³/mol. The number of thioether (sulfide) groups is 1. The molecule has 2 aromatic carbocycles. The number of halogens is 1. The maximum Gasteiger partial charge on any atom is 0.224 e. The van der Waals surface area contributed by atoms with Gasteiger partial charge >= 0.3 is 0 Å². The second-order valence-corrected chi connectivity index (χ2v) is 7.07. The van der Waals surface area contributed by atoms with Gasteiger partial charge in [0.05, 0.1) is 24.8 Å². The van der Waals surface area contributed by atoms with Gasteiger partial charge in [-0.3, -0.25) is 0 Å². The fraction of sp³-hybridized carbons (Fsp3) is 0.235. The molecule has 0 bridgehead atoms. The van der Waals surface area contributed by atoms with Crippen molar-refractivity contribution in [2.45, 2.75) is 18.4 Å². The van der Waals surface area contributed by atoms with E-state index in [9.17, 15) is 0 Å². The van der Waals surface area contributed by atoms with E-state index >= 15 is 0 Å². The minimum absolute atomic E-state index is 0.0351. The molecule has 0 aliphatic carbocycles. The zero-order chi connectivity index (χ0) is 17.4. The summed E-state index contributed by atoms with van der Waals surface area (Å²) in [6, 6.07) is 7.94. The summed E-state index contributed by atoms with van der Waals surface area (Å²) < 4.78 is 5.62. The summed E-state index contributed by atoms with van der Waals surface area (Å²) in [5.74, 6) is 1.05. The predicted octanol–water partition coefficient (Wildman–Crippen LogP) is 3.04. The van der Waals surface area contributed by atoms with Crippen LogP contribution in [0.4, 0.5) is 5.95 Å². The first-order chi connectivity index (χ1) is 12.2. The maximum atomic E-state index is 9.01. The van der Waals surface area contributed by atoms with Gasteiger partial charge in [-0.1, -0.05) is 41.6 Å². The lowest BCUT2D eigenvalue weighted by atomic mass is 9.94. The van der Waals surface area contributed by atoms with Gasteiger partial charge in [-0.15, -0.1) is 0 Å². The Balaban J connectivity index is 1.95. The van der Waals surface area contributed by atoms with Crippen molar-refractivity contribution in [1.29, 1.82) is 0 Å². The minimum atomic E-state index is 0.0351. The van der Waals surface area contributed by atoms with Gasteiger partial charge in [-0.05, 0) is 28.0 Å². The molecule has 3 N–H and O–H groups in total. The Morgan fingerprint density at radius 3 is 2.88 bits per heavy atom. The van der Waals surface area contributed by atoms with Crippen molar-refractivity contribution in [3.8, 4) is 11.4 Å². The fourth-order valence-electron chi connectivity index (χ4n) is 3.03. The molecule has 1 aromatic heterocycles. The van der Waals surface area contributed by atoms with Gasteiger partial charge < -0.3 is 15.6 Å². The van der Waals surface area contributed by atoms with Crippen molar-refractivity contribution >= 4 is 40.1 Å². The average molecular weight is 375 g/mol. The number of aromatic nitrogens is 3. The Kier molecular flexibility index (Phi) is 4.47. The second kappa shape index (κ2) is 6.76. The molecule has 0 amide bonds. The van der Waals surface area contributed by atoms with Crippen LogP contribution in [0, 0.1) is 0 Å². The number of anilines is 1. The van der Waals surface area contributed by atoms with Crippen molar-refractivity contribution in [2.24, 2.45) is 0 Å². The van der Waals surface area contributed by atoms with E-state index < -0.39 is 0 Å². The van der Waals surface area contributed by atoms with E-state index in [1.165, 1.54) is 11.8 Å². The Bertz CT molecular complexity index is 967. The number of nitrogen functional groups attached to an aromatic ring is 1. The number of ether oxygens (including phenoxy) is 1. The van der Waals surface area contributed by atoms with Gasteiger partial charge in [0.2, 0.25) is 5.95 Å². The smallest absolute Gasteiger partial charge is 0.224 e. The molecule has 4 rings (SSSR count). The van der Waals surface area contributed by atoms with Crippen molar-refractivity contribution in [3.63, 3.8) is 0 Å². The van der Waals surface area contributed by atoms with Crippen molar-refractivity contribution < 1.29 is 9.84 Å². The van der Waals surface area contributed by atoms with Gasteiger partial charge in [0.25, 0.3) is 0 Å². The molecule has 0 unspecified atom stereocenters. The van der Waals surface area contributed by atoms with Gasteiger partial charge in [0, 0.05) is 11.3 Å². The van der Waals surface area contributed by atoms with E-state index in [0.717, 1.165) is 27.5 Å². The molecule has 1 aliphatic heterocycles. The molecule has 1 aliphatic rings. The van der Waals surface area contributed by atoms with E-state index in [1.807, 2.05) is 24.3 Å². The third-order valence-electron chi connectivity index (χ3n) is 3.97.